The van der Waals surface area contributed by atoms with E-state index in [1.165, 1.54) is 27.9 Å². The van der Waals surface area contributed by atoms with Crippen LogP contribution in [0.2, 0.25) is 0 Å². The fourth-order valence-electron chi connectivity index (χ4n) is 2.58. The summed E-state index contributed by atoms with van der Waals surface area (Å²) >= 11 is 0. The lowest BCUT2D eigenvalue weighted by molar-refractivity contribution is -0.302. The van der Waals surface area contributed by atoms with Gasteiger partial charge in [0.2, 0.25) is 0 Å². The number of carbonyl (C=O) groups is 6. The van der Waals surface area contributed by atoms with Crippen LogP contribution >= 0.6 is 0 Å². The van der Waals surface area contributed by atoms with Crippen molar-refractivity contribution in [3.8, 4) is 0 Å². The number of hydrogen-bond acceptors (Lipinski definition) is 13. The normalized spacial score (nSPS) is 24.0. The molecule has 1 fully saturated rings. The van der Waals surface area contributed by atoms with Gasteiger partial charge in [-0.15, -0.1) is 0 Å². The van der Waals surface area contributed by atoms with Gasteiger partial charge in [-0.1, -0.05) is 0 Å². The molecule has 0 spiro atoms. The molecule has 0 unspecified atom stereocenters. The summed E-state index contributed by atoms with van der Waals surface area (Å²) < 4.78 is 35.1. The van der Waals surface area contributed by atoms with Crippen molar-refractivity contribution >= 4 is 35.8 Å². The second-order valence-corrected chi connectivity index (χ2v) is 6.39. The van der Waals surface area contributed by atoms with Crippen molar-refractivity contribution in [1.29, 1.82) is 0 Å². The van der Waals surface area contributed by atoms with E-state index in [4.69, 9.17) is 28.4 Å². The maximum absolute atomic E-state index is 11.5. The van der Waals surface area contributed by atoms with E-state index in [0.29, 0.717) is 0 Å². The van der Waals surface area contributed by atoms with Crippen LogP contribution in [-0.2, 0) is 61.9 Å². The topological polar surface area (TPSA) is 167 Å². The van der Waals surface area contributed by atoms with Crippen molar-refractivity contribution in [2.24, 2.45) is 0 Å². The SMILES string of the molecule is CC(=O)OC(C)=O.CO[C@@H]1O[C@H](COC(C)=O)[C@H](OC(C)=O)[C@H](OC(C)=O)[C@H]1OC(C)=O. The zero-order chi connectivity index (χ0) is 25.0. The van der Waals surface area contributed by atoms with Crippen LogP contribution in [0.15, 0.2) is 0 Å². The van der Waals surface area contributed by atoms with Gasteiger partial charge in [0.05, 0.1) is 0 Å². The van der Waals surface area contributed by atoms with Crippen molar-refractivity contribution < 1.29 is 61.9 Å². The Morgan fingerprint density at radius 3 is 1.41 bits per heavy atom. The van der Waals surface area contributed by atoms with Crippen LogP contribution in [-0.4, -0.2) is 80.2 Å². The van der Waals surface area contributed by atoms with E-state index in [1.54, 1.807) is 0 Å². The Morgan fingerprint density at radius 2 is 1.06 bits per heavy atom. The van der Waals surface area contributed by atoms with Crippen molar-refractivity contribution in [2.75, 3.05) is 13.7 Å². The van der Waals surface area contributed by atoms with Gasteiger partial charge in [-0.2, -0.15) is 0 Å². The lowest BCUT2D eigenvalue weighted by Gasteiger charge is -2.43. The molecule has 0 N–H and O–H groups in total. The first kappa shape index (κ1) is 28.9. The largest absolute Gasteiger partial charge is 0.463 e. The number of hydrogen-bond donors (Lipinski definition) is 0. The van der Waals surface area contributed by atoms with E-state index in [9.17, 15) is 28.8 Å². The van der Waals surface area contributed by atoms with Gasteiger partial charge < -0.3 is 33.2 Å². The van der Waals surface area contributed by atoms with Gasteiger partial charge in [0.15, 0.2) is 24.6 Å². The molecule has 0 radical (unpaired) electrons. The summed E-state index contributed by atoms with van der Waals surface area (Å²) in [5.41, 5.74) is 0. The van der Waals surface area contributed by atoms with E-state index in [2.05, 4.69) is 4.74 Å². The molecule has 0 bridgehead atoms. The fraction of sp³-hybridized carbons (Fsp3) is 0.684. The van der Waals surface area contributed by atoms with E-state index < -0.39 is 66.5 Å². The molecule has 5 atom stereocenters. The van der Waals surface area contributed by atoms with Gasteiger partial charge in [-0.05, 0) is 0 Å². The van der Waals surface area contributed by atoms with Gasteiger partial charge in [0.25, 0.3) is 0 Å². The molecule has 0 aromatic heterocycles. The zero-order valence-electron chi connectivity index (χ0n) is 18.9. The minimum atomic E-state index is -1.20. The van der Waals surface area contributed by atoms with Crippen LogP contribution in [0.3, 0.4) is 0 Å². The molecule has 1 heterocycles. The predicted octanol–water partition coefficient (Wildman–Crippen LogP) is -0.188. The highest BCUT2D eigenvalue weighted by molar-refractivity contribution is 5.82. The molecule has 32 heavy (non-hydrogen) atoms. The second-order valence-electron chi connectivity index (χ2n) is 6.39. The van der Waals surface area contributed by atoms with Crippen LogP contribution in [0.4, 0.5) is 0 Å². The van der Waals surface area contributed by atoms with E-state index >= 15 is 0 Å². The van der Waals surface area contributed by atoms with Crippen LogP contribution in [0, 0.1) is 0 Å². The summed E-state index contributed by atoms with van der Waals surface area (Å²) in [7, 11) is 1.29. The fourth-order valence-corrected chi connectivity index (χ4v) is 2.58. The molecule has 1 aliphatic heterocycles. The lowest BCUT2D eigenvalue weighted by atomic mass is 9.98. The Bertz CT molecular complexity index is 689. The van der Waals surface area contributed by atoms with E-state index in [0.717, 1.165) is 20.8 Å². The smallest absolute Gasteiger partial charge is 0.310 e. The first-order valence-corrected chi connectivity index (χ1v) is 9.30. The van der Waals surface area contributed by atoms with Crippen LogP contribution in [0.1, 0.15) is 41.5 Å². The Kier molecular flexibility index (Phi) is 12.7. The minimum absolute atomic E-state index is 0.280. The molecule has 0 aromatic carbocycles. The highest BCUT2D eigenvalue weighted by atomic mass is 16.7. The quantitative estimate of drug-likeness (QED) is 0.288. The summed E-state index contributed by atoms with van der Waals surface area (Å²) in [6.07, 6.45) is -5.67. The standard InChI is InChI=1S/C15H22O10.C4H6O3/c1-7(16)21-6-11-12(22-8(2)17)13(23-9(3)18)14(24-10(4)19)15(20-5)25-11;1-3(5)7-4(2)6/h11-15H,6H2,1-5H3;1-2H3/t11-,12+,13+,14-,15-;/m1./s1. The Hall–Kier alpha value is -3.06. The predicted molar refractivity (Wildman–Crippen MR) is 101 cm³/mol. The number of methoxy groups -OCH3 is 1. The first-order valence-electron chi connectivity index (χ1n) is 9.30. The summed E-state index contributed by atoms with van der Waals surface area (Å²) in [4.78, 5) is 65.0. The highest BCUT2D eigenvalue weighted by Gasteiger charge is 2.52. The van der Waals surface area contributed by atoms with Crippen molar-refractivity contribution in [3.05, 3.63) is 0 Å². The first-order chi connectivity index (χ1) is 14.8. The molecule has 1 saturated heterocycles. The van der Waals surface area contributed by atoms with Crippen molar-refractivity contribution in [2.45, 2.75) is 72.2 Å². The van der Waals surface area contributed by atoms with Crippen LogP contribution in [0.25, 0.3) is 0 Å². The molecule has 0 aliphatic carbocycles. The number of carbonyl (C=O) groups excluding carboxylic acids is 6. The Balaban J connectivity index is 0.00000118. The van der Waals surface area contributed by atoms with Gasteiger partial charge in [-0.3, -0.25) is 28.8 Å². The second kappa shape index (κ2) is 14.1. The van der Waals surface area contributed by atoms with Gasteiger partial charge in [-0.25, -0.2) is 0 Å². The summed E-state index contributed by atoms with van der Waals surface area (Å²) in [5, 5.41) is 0. The Labute approximate surface area is 184 Å². The molecule has 0 aromatic rings. The van der Waals surface area contributed by atoms with Crippen LogP contribution < -0.4 is 0 Å². The summed E-state index contributed by atoms with van der Waals surface area (Å²) in [6, 6.07) is 0. The number of rotatable bonds is 6. The van der Waals surface area contributed by atoms with Gasteiger partial charge in [0, 0.05) is 48.7 Å². The summed E-state index contributed by atoms with van der Waals surface area (Å²) in [5.74, 6) is -3.75. The van der Waals surface area contributed by atoms with E-state index in [1.807, 2.05) is 0 Å². The van der Waals surface area contributed by atoms with Crippen molar-refractivity contribution in [1.82, 2.24) is 0 Å². The third-order valence-electron chi connectivity index (χ3n) is 3.47. The third-order valence-corrected chi connectivity index (χ3v) is 3.47. The van der Waals surface area contributed by atoms with Crippen LogP contribution in [0.5, 0.6) is 0 Å². The average Bonchev–Trinajstić information content (AvgIpc) is 2.61. The molecular weight excluding hydrogens is 436 g/mol. The highest BCUT2D eigenvalue weighted by Crippen LogP contribution is 2.29. The Morgan fingerprint density at radius 1 is 0.625 bits per heavy atom. The maximum atomic E-state index is 11.5. The third kappa shape index (κ3) is 11.4. The van der Waals surface area contributed by atoms with Crippen molar-refractivity contribution in [3.63, 3.8) is 0 Å². The molecule has 13 nitrogen and oxygen atoms in total. The molecule has 0 amide bonds. The molecular formula is C19H28O13. The zero-order valence-corrected chi connectivity index (χ0v) is 18.9. The maximum Gasteiger partial charge on any atom is 0.310 e. The lowest BCUT2D eigenvalue weighted by Crippen LogP contribution is -2.62. The molecule has 13 heteroatoms. The number of ether oxygens (including phenoxy) is 7. The summed E-state index contributed by atoms with van der Waals surface area (Å²) in [6.45, 7) is 6.73. The molecule has 182 valence electrons. The average molecular weight is 464 g/mol. The molecule has 1 rings (SSSR count). The minimum Gasteiger partial charge on any atom is -0.463 e. The number of esters is 6. The van der Waals surface area contributed by atoms with Gasteiger partial charge in [0.1, 0.15) is 12.7 Å². The molecule has 1 aliphatic rings. The molecule has 0 saturated carbocycles. The van der Waals surface area contributed by atoms with Gasteiger partial charge >= 0.3 is 35.8 Å². The monoisotopic (exact) mass is 464 g/mol. The van der Waals surface area contributed by atoms with E-state index in [-0.39, 0.29) is 6.61 Å².